The summed E-state index contributed by atoms with van der Waals surface area (Å²) in [6.07, 6.45) is 11.8. The normalized spacial score (nSPS) is 17.0. The lowest BCUT2D eigenvalue weighted by molar-refractivity contribution is 0.0756. The molecule has 0 spiro atoms. The molecule has 134 valence electrons. The number of fused-ring (bicyclic) bond motifs is 1. The summed E-state index contributed by atoms with van der Waals surface area (Å²) in [6, 6.07) is 0. The van der Waals surface area contributed by atoms with Crippen LogP contribution in [0.25, 0.3) is 0 Å². The summed E-state index contributed by atoms with van der Waals surface area (Å²) >= 11 is 0. The number of rotatable bonds is 2. The maximum Gasteiger partial charge on any atom is 0.274 e. The van der Waals surface area contributed by atoms with Crippen LogP contribution in [0.4, 0.5) is 5.82 Å². The Morgan fingerprint density at radius 1 is 1.00 bits per heavy atom. The first kappa shape index (κ1) is 16.6. The van der Waals surface area contributed by atoms with E-state index in [0.29, 0.717) is 18.8 Å². The summed E-state index contributed by atoms with van der Waals surface area (Å²) in [5.41, 5.74) is 3.43. The van der Waals surface area contributed by atoms with Crippen LogP contribution in [0, 0.1) is 6.92 Å². The van der Waals surface area contributed by atoms with Gasteiger partial charge in [-0.3, -0.25) is 9.78 Å². The third kappa shape index (κ3) is 3.29. The standard InChI is InChI=1S/C19H22N6O/c1-14-11-21-17(12-20-14)19(26)25-9-5-15-16(6-10-25)22-13-23-18(15)24-7-3-2-4-8-24/h2-3,11-13H,4-10H2,1H3. The third-order valence-electron chi connectivity index (χ3n) is 4.91. The fraction of sp³-hybridized carbons (Fsp3) is 0.421. The van der Waals surface area contributed by atoms with Gasteiger partial charge in [-0.1, -0.05) is 12.2 Å². The molecule has 2 aliphatic heterocycles. The van der Waals surface area contributed by atoms with Gasteiger partial charge in [-0.25, -0.2) is 15.0 Å². The molecule has 0 bridgehead atoms. The van der Waals surface area contributed by atoms with Crippen molar-refractivity contribution >= 4 is 11.7 Å². The van der Waals surface area contributed by atoms with Gasteiger partial charge in [-0.15, -0.1) is 0 Å². The number of hydrogen-bond acceptors (Lipinski definition) is 6. The molecule has 0 aromatic carbocycles. The topological polar surface area (TPSA) is 75.1 Å². The van der Waals surface area contributed by atoms with Gasteiger partial charge < -0.3 is 9.80 Å². The smallest absolute Gasteiger partial charge is 0.274 e. The van der Waals surface area contributed by atoms with Gasteiger partial charge in [0.2, 0.25) is 0 Å². The molecule has 0 atom stereocenters. The van der Waals surface area contributed by atoms with E-state index in [9.17, 15) is 4.79 Å². The maximum atomic E-state index is 12.8. The van der Waals surface area contributed by atoms with Crippen molar-refractivity contribution in [2.75, 3.05) is 31.1 Å². The molecule has 2 aromatic heterocycles. The van der Waals surface area contributed by atoms with Crippen LogP contribution in [0.3, 0.4) is 0 Å². The Morgan fingerprint density at radius 3 is 2.65 bits per heavy atom. The maximum absolute atomic E-state index is 12.8. The summed E-state index contributed by atoms with van der Waals surface area (Å²) in [6.45, 7) is 5.00. The predicted molar refractivity (Wildman–Crippen MR) is 98.1 cm³/mol. The van der Waals surface area contributed by atoms with Crippen molar-refractivity contribution in [3.63, 3.8) is 0 Å². The Hall–Kier alpha value is -2.83. The van der Waals surface area contributed by atoms with Crippen LogP contribution in [0.2, 0.25) is 0 Å². The summed E-state index contributed by atoms with van der Waals surface area (Å²) in [7, 11) is 0. The molecular formula is C19H22N6O. The highest BCUT2D eigenvalue weighted by atomic mass is 16.2. The van der Waals surface area contributed by atoms with Crippen LogP contribution in [0.15, 0.2) is 30.9 Å². The van der Waals surface area contributed by atoms with Crippen molar-refractivity contribution in [1.29, 1.82) is 0 Å². The van der Waals surface area contributed by atoms with E-state index in [1.54, 1.807) is 18.7 Å². The summed E-state index contributed by atoms with van der Waals surface area (Å²) in [4.78, 5) is 34.4. The van der Waals surface area contributed by atoms with Gasteiger partial charge in [-0.05, 0) is 19.8 Å². The largest absolute Gasteiger partial charge is 0.352 e. The highest BCUT2D eigenvalue weighted by Gasteiger charge is 2.25. The molecule has 1 amide bonds. The second kappa shape index (κ2) is 7.19. The molecule has 26 heavy (non-hydrogen) atoms. The van der Waals surface area contributed by atoms with Gasteiger partial charge in [0.05, 0.1) is 17.6 Å². The van der Waals surface area contributed by atoms with Gasteiger partial charge in [0, 0.05) is 44.4 Å². The number of nitrogens with zero attached hydrogens (tertiary/aromatic N) is 6. The highest BCUT2D eigenvalue weighted by Crippen LogP contribution is 2.25. The van der Waals surface area contributed by atoms with Gasteiger partial charge in [-0.2, -0.15) is 0 Å². The lowest BCUT2D eigenvalue weighted by atomic mass is 10.1. The Kier molecular flexibility index (Phi) is 4.60. The first-order valence-corrected chi connectivity index (χ1v) is 9.03. The van der Waals surface area contributed by atoms with Gasteiger partial charge in [0.25, 0.3) is 5.91 Å². The molecule has 0 N–H and O–H groups in total. The van der Waals surface area contributed by atoms with Gasteiger partial charge in [0.1, 0.15) is 17.8 Å². The highest BCUT2D eigenvalue weighted by molar-refractivity contribution is 5.92. The predicted octanol–water partition coefficient (Wildman–Crippen LogP) is 1.58. The SMILES string of the molecule is Cc1cnc(C(=O)N2CCc3ncnc(N4CC=CCC4)c3CC2)cn1. The monoisotopic (exact) mass is 350 g/mol. The zero-order valence-corrected chi connectivity index (χ0v) is 14.9. The molecule has 2 aromatic rings. The average molecular weight is 350 g/mol. The van der Waals surface area contributed by atoms with Crippen molar-refractivity contribution in [2.45, 2.75) is 26.2 Å². The molecule has 4 heterocycles. The number of amides is 1. The van der Waals surface area contributed by atoms with Crippen molar-refractivity contribution in [3.8, 4) is 0 Å². The molecule has 2 aliphatic rings. The average Bonchev–Trinajstić information content (AvgIpc) is 2.91. The van der Waals surface area contributed by atoms with Gasteiger partial charge >= 0.3 is 0 Å². The summed E-state index contributed by atoms with van der Waals surface area (Å²) < 4.78 is 0. The molecule has 0 fully saturated rings. The Morgan fingerprint density at radius 2 is 1.88 bits per heavy atom. The fourth-order valence-electron chi connectivity index (χ4n) is 3.48. The molecule has 7 nitrogen and oxygen atoms in total. The van der Waals surface area contributed by atoms with Crippen molar-refractivity contribution in [3.05, 3.63) is 53.5 Å². The van der Waals surface area contributed by atoms with Crippen LogP contribution in [0.5, 0.6) is 0 Å². The zero-order chi connectivity index (χ0) is 17.9. The lowest BCUT2D eigenvalue weighted by Gasteiger charge is -2.27. The first-order valence-electron chi connectivity index (χ1n) is 9.03. The van der Waals surface area contributed by atoms with E-state index < -0.39 is 0 Å². The molecule has 0 aliphatic carbocycles. The van der Waals surface area contributed by atoms with Crippen LogP contribution < -0.4 is 4.90 Å². The Labute approximate surface area is 152 Å². The van der Waals surface area contributed by atoms with E-state index >= 15 is 0 Å². The van der Waals surface area contributed by atoms with Crippen LogP contribution in [-0.2, 0) is 12.8 Å². The lowest BCUT2D eigenvalue weighted by Crippen LogP contribution is -2.34. The third-order valence-corrected chi connectivity index (χ3v) is 4.91. The molecular weight excluding hydrogens is 328 g/mol. The van der Waals surface area contributed by atoms with E-state index in [1.165, 1.54) is 5.56 Å². The van der Waals surface area contributed by atoms with E-state index in [1.807, 2.05) is 11.8 Å². The molecule has 0 saturated heterocycles. The van der Waals surface area contributed by atoms with Crippen LogP contribution in [-0.4, -0.2) is 56.9 Å². The summed E-state index contributed by atoms with van der Waals surface area (Å²) in [5.74, 6) is 0.949. The summed E-state index contributed by atoms with van der Waals surface area (Å²) in [5, 5.41) is 0. The quantitative estimate of drug-likeness (QED) is 0.766. The molecule has 0 unspecified atom stereocenters. The van der Waals surface area contributed by atoms with Crippen LogP contribution >= 0.6 is 0 Å². The minimum atomic E-state index is -0.0688. The molecule has 0 saturated carbocycles. The number of hydrogen-bond donors (Lipinski definition) is 0. The number of carbonyl (C=O) groups excluding carboxylic acids is 1. The van der Waals surface area contributed by atoms with E-state index in [-0.39, 0.29) is 5.91 Å². The van der Waals surface area contributed by atoms with Gasteiger partial charge in [0.15, 0.2) is 0 Å². The zero-order valence-electron chi connectivity index (χ0n) is 14.9. The molecule has 0 radical (unpaired) electrons. The number of aryl methyl sites for hydroxylation is 1. The minimum absolute atomic E-state index is 0.0688. The Balaban J connectivity index is 1.54. The second-order valence-electron chi connectivity index (χ2n) is 6.66. The second-order valence-corrected chi connectivity index (χ2v) is 6.66. The first-order chi connectivity index (χ1) is 12.7. The minimum Gasteiger partial charge on any atom is -0.352 e. The van der Waals surface area contributed by atoms with Crippen molar-refractivity contribution < 1.29 is 4.79 Å². The number of aromatic nitrogens is 4. The molecule has 7 heteroatoms. The van der Waals surface area contributed by atoms with E-state index in [0.717, 1.165) is 49.6 Å². The Bertz CT molecular complexity index is 832. The van der Waals surface area contributed by atoms with Crippen molar-refractivity contribution in [2.24, 2.45) is 0 Å². The number of carbonyl (C=O) groups is 1. The number of anilines is 1. The molecule has 4 rings (SSSR count). The van der Waals surface area contributed by atoms with E-state index in [2.05, 4.69) is 37.0 Å². The fourth-order valence-corrected chi connectivity index (χ4v) is 3.48. The van der Waals surface area contributed by atoms with Crippen LogP contribution in [0.1, 0.15) is 33.9 Å². The van der Waals surface area contributed by atoms with Crippen molar-refractivity contribution in [1.82, 2.24) is 24.8 Å². The van der Waals surface area contributed by atoms with E-state index in [4.69, 9.17) is 0 Å².